The van der Waals surface area contributed by atoms with E-state index in [4.69, 9.17) is 32.0 Å². The van der Waals surface area contributed by atoms with Crippen LogP contribution in [0.3, 0.4) is 0 Å². The zero-order valence-electron chi connectivity index (χ0n) is 9.64. The molecule has 0 N–H and O–H groups in total. The molecule has 0 saturated carbocycles. The maximum atomic E-state index is 6.07. The maximum absolute atomic E-state index is 6.07. The number of hydrogen-bond acceptors (Lipinski definition) is 4. The van der Waals surface area contributed by atoms with E-state index in [1.807, 2.05) is 0 Å². The Hall–Kier alpha value is -2.12. The summed E-state index contributed by atoms with van der Waals surface area (Å²) in [7, 11) is 1.53. The molecule has 1 heterocycles. The predicted molar refractivity (Wildman–Crippen MR) is 67.8 cm³/mol. The first kappa shape index (κ1) is 12.3. The van der Waals surface area contributed by atoms with Crippen molar-refractivity contribution in [2.75, 3.05) is 13.7 Å². The minimum Gasteiger partial charge on any atom is -0.495 e. The summed E-state index contributed by atoms with van der Waals surface area (Å²) in [5.74, 6) is 3.99. The van der Waals surface area contributed by atoms with Gasteiger partial charge in [-0.15, -0.1) is 6.42 Å². The number of hydrogen-bond donors (Lipinski definition) is 0. The van der Waals surface area contributed by atoms with E-state index >= 15 is 0 Å². The van der Waals surface area contributed by atoms with Gasteiger partial charge in [-0.1, -0.05) is 22.7 Å². The number of methoxy groups -OCH3 is 1. The van der Waals surface area contributed by atoms with E-state index in [9.17, 15) is 0 Å². The van der Waals surface area contributed by atoms with Crippen LogP contribution in [-0.4, -0.2) is 18.9 Å². The van der Waals surface area contributed by atoms with Crippen LogP contribution in [-0.2, 0) is 0 Å². The zero-order chi connectivity index (χ0) is 13.0. The van der Waals surface area contributed by atoms with Crippen molar-refractivity contribution < 1.29 is 14.0 Å². The molecule has 0 atom stereocenters. The second kappa shape index (κ2) is 5.48. The average molecular weight is 264 g/mol. The molecule has 0 radical (unpaired) electrons. The highest BCUT2D eigenvalue weighted by atomic mass is 35.5. The molecule has 0 amide bonds. The first-order valence-corrected chi connectivity index (χ1v) is 5.49. The summed E-state index contributed by atoms with van der Waals surface area (Å²) < 4.78 is 15.7. The van der Waals surface area contributed by atoms with Gasteiger partial charge in [0.05, 0.1) is 23.9 Å². The van der Waals surface area contributed by atoms with Gasteiger partial charge in [0.2, 0.25) is 0 Å². The van der Waals surface area contributed by atoms with Crippen LogP contribution in [0.15, 0.2) is 28.9 Å². The van der Waals surface area contributed by atoms with Gasteiger partial charge in [0.25, 0.3) is 0 Å². The van der Waals surface area contributed by atoms with E-state index in [2.05, 4.69) is 11.1 Å². The van der Waals surface area contributed by atoms with Crippen LogP contribution in [0.5, 0.6) is 11.5 Å². The SMILES string of the molecule is C#CCOc1cc(OC)c(Cl)cc1-c1ccno1. The number of nitrogens with zero attached hydrogens (tertiary/aromatic N) is 1. The van der Waals surface area contributed by atoms with Crippen LogP contribution in [0.4, 0.5) is 0 Å². The molecular formula is C13H10ClNO3. The predicted octanol–water partition coefficient (Wildman–Crippen LogP) is 3.02. The molecule has 4 nitrogen and oxygen atoms in total. The molecule has 0 aliphatic carbocycles. The number of ether oxygens (including phenoxy) is 2. The summed E-state index contributed by atoms with van der Waals surface area (Å²) in [6, 6.07) is 5.06. The quantitative estimate of drug-likeness (QED) is 0.796. The molecule has 2 aromatic rings. The van der Waals surface area contributed by atoms with Crippen LogP contribution in [0.25, 0.3) is 11.3 Å². The van der Waals surface area contributed by atoms with E-state index in [0.717, 1.165) is 0 Å². The smallest absolute Gasteiger partial charge is 0.170 e. The molecule has 0 fully saturated rings. The van der Waals surface area contributed by atoms with E-state index in [1.165, 1.54) is 7.11 Å². The monoisotopic (exact) mass is 263 g/mol. The number of rotatable bonds is 4. The van der Waals surface area contributed by atoms with Gasteiger partial charge in [0.15, 0.2) is 5.76 Å². The van der Waals surface area contributed by atoms with E-state index in [-0.39, 0.29) is 6.61 Å². The standard InChI is InChI=1S/C13H10ClNO3/c1-3-6-17-12-8-13(16-2)10(14)7-9(12)11-4-5-15-18-11/h1,4-5,7-8H,6H2,2H3. The first-order chi connectivity index (χ1) is 8.76. The molecule has 2 rings (SSSR count). The van der Waals surface area contributed by atoms with Crippen molar-refractivity contribution >= 4 is 11.6 Å². The second-order valence-electron chi connectivity index (χ2n) is 3.35. The van der Waals surface area contributed by atoms with Crippen molar-refractivity contribution in [3.05, 3.63) is 29.4 Å². The molecule has 0 saturated heterocycles. The first-order valence-electron chi connectivity index (χ1n) is 5.11. The molecule has 1 aromatic carbocycles. The Morgan fingerprint density at radius 1 is 1.44 bits per heavy atom. The second-order valence-corrected chi connectivity index (χ2v) is 3.76. The summed E-state index contributed by atoms with van der Waals surface area (Å²) in [6.45, 7) is 0.145. The molecule has 0 aliphatic heterocycles. The lowest BCUT2D eigenvalue weighted by atomic mass is 10.1. The van der Waals surface area contributed by atoms with Crippen LogP contribution < -0.4 is 9.47 Å². The molecule has 0 unspecified atom stereocenters. The third-order valence-corrected chi connectivity index (χ3v) is 2.56. The van der Waals surface area contributed by atoms with Gasteiger partial charge in [-0.05, 0) is 6.07 Å². The van der Waals surface area contributed by atoms with E-state index < -0.39 is 0 Å². The van der Waals surface area contributed by atoms with Gasteiger partial charge < -0.3 is 14.0 Å². The normalized spacial score (nSPS) is 9.83. The molecule has 0 bridgehead atoms. The molecule has 0 spiro atoms. The van der Waals surface area contributed by atoms with E-state index in [0.29, 0.717) is 27.8 Å². The molecule has 18 heavy (non-hydrogen) atoms. The minimum atomic E-state index is 0.145. The van der Waals surface area contributed by atoms with E-state index in [1.54, 1.807) is 24.4 Å². The Bertz CT molecular complexity index is 573. The minimum absolute atomic E-state index is 0.145. The summed E-state index contributed by atoms with van der Waals surface area (Å²) in [4.78, 5) is 0. The van der Waals surface area contributed by atoms with Gasteiger partial charge in [-0.25, -0.2) is 0 Å². The highest BCUT2D eigenvalue weighted by Crippen LogP contribution is 2.38. The highest BCUT2D eigenvalue weighted by Gasteiger charge is 2.14. The van der Waals surface area contributed by atoms with Crippen LogP contribution >= 0.6 is 11.6 Å². The number of terminal acetylenes is 1. The Morgan fingerprint density at radius 3 is 2.89 bits per heavy atom. The molecule has 0 aliphatic rings. The Kier molecular flexibility index (Phi) is 3.75. The molecule has 1 aromatic heterocycles. The Balaban J connectivity index is 2.49. The summed E-state index contributed by atoms with van der Waals surface area (Å²) in [6.07, 6.45) is 6.72. The lowest BCUT2D eigenvalue weighted by Crippen LogP contribution is -1.97. The van der Waals surface area contributed by atoms with Crippen molar-refractivity contribution in [2.45, 2.75) is 0 Å². The fourth-order valence-electron chi connectivity index (χ4n) is 1.48. The molecule has 5 heteroatoms. The largest absolute Gasteiger partial charge is 0.495 e. The van der Waals surface area contributed by atoms with Gasteiger partial charge in [0.1, 0.15) is 18.1 Å². The topological polar surface area (TPSA) is 44.5 Å². The fraction of sp³-hybridized carbons (Fsp3) is 0.154. The van der Waals surface area contributed by atoms with Crippen molar-refractivity contribution in [3.8, 4) is 35.2 Å². The van der Waals surface area contributed by atoms with Crippen LogP contribution in [0.1, 0.15) is 0 Å². The van der Waals surface area contributed by atoms with Crippen LogP contribution in [0, 0.1) is 12.3 Å². The van der Waals surface area contributed by atoms with Crippen molar-refractivity contribution in [1.29, 1.82) is 0 Å². The van der Waals surface area contributed by atoms with Gasteiger partial charge in [-0.2, -0.15) is 0 Å². The number of halogens is 1. The number of aromatic nitrogens is 1. The lowest BCUT2D eigenvalue weighted by molar-refractivity contribution is 0.361. The maximum Gasteiger partial charge on any atom is 0.170 e. The van der Waals surface area contributed by atoms with Crippen LogP contribution in [0.2, 0.25) is 5.02 Å². The van der Waals surface area contributed by atoms with Crippen molar-refractivity contribution in [3.63, 3.8) is 0 Å². The highest BCUT2D eigenvalue weighted by molar-refractivity contribution is 6.32. The summed E-state index contributed by atoms with van der Waals surface area (Å²) in [5.41, 5.74) is 0.675. The van der Waals surface area contributed by atoms with Crippen molar-refractivity contribution in [1.82, 2.24) is 5.16 Å². The Labute approximate surface area is 109 Å². The molecule has 92 valence electrons. The lowest BCUT2D eigenvalue weighted by Gasteiger charge is -2.11. The summed E-state index contributed by atoms with van der Waals surface area (Å²) >= 11 is 6.07. The number of benzene rings is 1. The Morgan fingerprint density at radius 2 is 2.28 bits per heavy atom. The van der Waals surface area contributed by atoms with Gasteiger partial charge in [-0.3, -0.25) is 0 Å². The third kappa shape index (κ3) is 2.41. The summed E-state index contributed by atoms with van der Waals surface area (Å²) in [5, 5.41) is 4.10. The van der Waals surface area contributed by atoms with Crippen molar-refractivity contribution in [2.24, 2.45) is 0 Å². The molecular weight excluding hydrogens is 254 g/mol. The third-order valence-electron chi connectivity index (χ3n) is 2.27. The average Bonchev–Trinajstić information content (AvgIpc) is 2.90. The van der Waals surface area contributed by atoms with Gasteiger partial charge >= 0.3 is 0 Å². The fourth-order valence-corrected chi connectivity index (χ4v) is 1.72. The zero-order valence-corrected chi connectivity index (χ0v) is 10.4. The van der Waals surface area contributed by atoms with Gasteiger partial charge in [0, 0.05) is 12.1 Å².